The minimum absolute atomic E-state index is 0.229. The highest BCUT2D eigenvalue weighted by Gasteiger charge is 2.07. The molecule has 21 heavy (non-hydrogen) atoms. The third-order valence-corrected chi connectivity index (χ3v) is 2.93. The molecule has 6 nitrogen and oxygen atoms in total. The molecule has 0 atom stereocenters. The predicted octanol–water partition coefficient (Wildman–Crippen LogP) is 2.22. The van der Waals surface area contributed by atoms with Crippen LogP contribution in [0.25, 0.3) is 5.69 Å². The average molecular weight is 279 g/mol. The van der Waals surface area contributed by atoms with Crippen LogP contribution in [0.1, 0.15) is 16.2 Å². The van der Waals surface area contributed by atoms with Crippen LogP contribution in [0.15, 0.2) is 55.1 Å². The molecule has 104 valence electrons. The number of nitrogens with zero attached hydrogens (tertiary/aromatic N) is 4. The van der Waals surface area contributed by atoms with E-state index in [-0.39, 0.29) is 5.91 Å². The maximum Gasteiger partial charge on any atom is 0.274 e. The number of hydrogen-bond acceptors (Lipinski definition) is 4. The fourth-order valence-corrected chi connectivity index (χ4v) is 1.90. The molecule has 0 aliphatic heterocycles. The van der Waals surface area contributed by atoms with Crippen LogP contribution in [0.3, 0.4) is 0 Å². The van der Waals surface area contributed by atoms with E-state index in [9.17, 15) is 4.79 Å². The van der Waals surface area contributed by atoms with Gasteiger partial charge in [-0.15, -0.1) is 0 Å². The van der Waals surface area contributed by atoms with Gasteiger partial charge in [0, 0.05) is 11.4 Å². The highest BCUT2D eigenvalue weighted by atomic mass is 16.1. The van der Waals surface area contributed by atoms with Crippen LogP contribution in [0, 0.1) is 6.92 Å². The van der Waals surface area contributed by atoms with Crippen molar-refractivity contribution in [1.29, 1.82) is 0 Å². The molecule has 0 saturated carbocycles. The van der Waals surface area contributed by atoms with E-state index < -0.39 is 0 Å². The second-order valence-corrected chi connectivity index (χ2v) is 4.51. The van der Waals surface area contributed by atoms with Crippen molar-refractivity contribution in [3.8, 4) is 5.69 Å². The van der Waals surface area contributed by atoms with E-state index in [4.69, 9.17) is 0 Å². The molecule has 0 unspecified atom stereocenters. The molecule has 0 spiro atoms. The SMILES string of the molecule is Cc1cccc(C(=O)Nc2ccc(-n3cncn3)cc2)n1. The summed E-state index contributed by atoms with van der Waals surface area (Å²) in [6.07, 6.45) is 3.09. The van der Waals surface area contributed by atoms with Gasteiger partial charge in [0.15, 0.2) is 0 Å². The molecule has 3 rings (SSSR count). The van der Waals surface area contributed by atoms with E-state index in [0.717, 1.165) is 11.4 Å². The minimum Gasteiger partial charge on any atom is -0.321 e. The number of amides is 1. The number of benzene rings is 1. The van der Waals surface area contributed by atoms with Gasteiger partial charge in [-0.05, 0) is 43.3 Å². The van der Waals surface area contributed by atoms with E-state index in [1.54, 1.807) is 17.1 Å². The van der Waals surface area contributed by atoms with E-state index in [1.807, 2.05) is 43.3 Å². The summed E-state index contributed by atoms with van der Waals surface area (Å²) in [6, 6.07) is 12.7. The van der Waals surface area contributed by atoms with Crippen LogP contribution in [0.5, 0.6) is 0 Å². The Bertz CT molecular complexity index is 750. The number of carbonyl (C=O) groups is 1. The molecule has 0 fully saturated rings. The molecule has 1 amide bonds. The van der Waals surface area contributed by atoms with Gasteiger partial charge in [0.25, 0.3) is 5.91 Å². The van der Waals surface area contributed by atoms with Crippen molar-refractivity contribution >= 4 is 11.6 Å². The Morgan fingerprint density at radius 1 is 1.14 bits per heavy atom. The average Bonchev–Trinajstić information content (AvgIpc) is 3.02. The topological polar surface area (TPSA) is 72.7 Å². The Morgan fingerprint density at radius 3 is 2.62 bits per heavy atom. The van der Waals surface area contributed by atoms with E-state index in [2.05, 4.69) is 20.4 Å². The highest BCUT2D eigenvalue weighted by Crippen LogP contribution is 2.13. The van der Waals surface area contributed by atoms with Crippen molar-refractivity contribution in [2.45, 2.75) is 6.92 Å². The molecule has 6 heteroatoms. The van der Waals surface area contributed by atoms with E-state index in [1.165, 1.54) is 6.33 Å². The van der Waals surface area contributed by atoms with Crippen LogP contribution in [0.2, 0.25) is 0 Å². The third kappa shape index (κ3) is 2.94. The van der Waals surface area contributed by atoms with Gasteiger partial charge in [0.2, 0.25) is 0 Å². The highest BCUT2D eigenvalue weighted by molar-refractivity contribution is 6.02. The second-order valence-electron chi connectivity index (χ2n) is 4.51. The first-order valence-corrected chi connectivity index (χ1v) is 6.42. The first kappa shape index (κ1) is 13.0. The number of rotatable bonds is 3. The van der Waals surface area contributed by atoms with E-state index >= 15 is 0 Å². The summed E-state index contributed by atoms with van der Waals surface area (Å²) in [5.74, 6) is -0.229. The van der Waals surface area contributed by atoms with Gasteiger partial charge in [-0.2, -0.15) is 5.10 Å². The third-order valence-electron chi connectivity index (χ3n) is 2.93. The Morgan fingerprint density at radius 2 is 1.95 bits per heavy atom. The molecule has 0 saturated heterocycles. The molecule has 2 heterocycles. The lowest BCUT2D eigenvalue weighted by molar-refractivity contribution is 0.102. The lowest BCUT2D eigenvalue weighted by Crippen LogP contribution is -2.13. The molecule has 2 aromatic heterocycles. The van der Waals surface area contributed by atoms with Crippen molar-refractivity contribution < 1.29 is 4.79 Å². The lowest BCUT2D eigenvalue weighted by atomic mass is 10.2. The molecule has 0 aliphatic carbocycles. The fourth-order valence-electron chi connectivity index (χ4n) is 1.90. The van der Waals surface area contributed by atoms with Gasteiger partial charge in [0.05, 0.1) is 5.69 Å². The summed E-state index contributed by atoms with van der Waals surface area (Å²) in [6.45, 7) is 1.85. The summed E-state index contributed by atoms with van der Waals surface area (Å²) in [5, 5.41) is 6.85. The number of carbonyl (C=O) groups excluding carboxylic acids is 1. The number of aromatic nitrogens is 4. The second kappa shape index (κ2) is 5.54. The number of anilines is 1. The van der Waals surface area contributed by atoms with Crippen LogP contribution in [-0.2, 0) is 0 Å². The molecule has 1 aromatic carbocycles. The van der Waals surface area contributed by atoms with E-state index in [0.29, 0.717) is 11.4 Å². The molecule has 0 radical (unpaired) electrons. The van der Waals surface area contributed by atoms with Gasteiger partial charge in [0.1, 0.15) is 18.3 Å². The Kier molecular flexibility index (Phi) is 3.42. The standard InChI is InChI=1S/C15H13N5O/c1-11-3-2-4-14(18-11)15(21)19-12-5-7-13(8-6-12)20-10-16-9-17-20/h2-10H,1H3,(H,19,21). The van der Waals surface area contributed by atoms with Gasteiger partial charge in [-0.3, -0.25) is 4.79 Å². The summed E-state index contributed by atoms with van der Waals surface area (Å²) in [4.78, 5) is 20.2. The molecule has 0 aliphatic rings. The van der Waals surface area contributed by atoms with Crippen molar-refractivity contribution in [1.82, 2.24) is 19.7 Å². The molecular formula is C15H13N5O. The monoisotopic (exact) mass is 279 g/mol. The summed E-state index contributed by atoms with van der Waals surface area (Å²) in [5.41, 5.74) is 2.78. The molecule has 0 bridgehead atoms. The van der Waals surface area contributed by atoms with Crippen LogP contribution >= 0.6 is 0 Å². The summed E-state index contributed by atoms with van der Waals surface area (Å²) >= 11 is 0. The molecule has 1 N–H and O–H groups in total. The maximum atomic E-state index is 12.1. The van der Waals surface area contributed by atoms with Crippen molar-refractivity contribution in [3.63, 3.8) is 0 Å². The number of hydrogen-bond donors (Lipinski definition) is 1. The summed E-state index contributed by atoms with van der Waals surface area (Å²) in [7, 11) is 0. The van der Waals surface area contributed by atoms with Crippen LogP contribution in [0.4, 0.5) is 5.69 Å². The van der Waals surface area contributed by atoms with Crippen molar-refractivity contribution in [2.24, 2.45) is 0 Å². The number of pyridine rings is 1. The summed E-state index contributed by atoms with van der Waals surface area (Å²) < 4.78 is 1.65. The van der Waals surface area contributed by atoms with Gasteiger partial charge in [-0.25, -0.2) is 14.6 Å². The molecular weight excluding hydrogens is 266 g/mol. The minimum atomic E-state index is -0.229. The quantitative estimate of drug-likeness (QED) is 0.798. The van der Waals surface area contributed by atoms with Gasteiger partial charge in [-0.1, -0.05) is 6.07 Å². The first-order chi connectivity index (χ1) is 10.2. The lowest BCUT2D eigenvalue weighted by Gasteiger charge is -2.06. The zero-order chi connectivity index (χ0) is 14.7. The van der Waals surface area contributed by atoms with Gasteiger partial charge >= 0.3 is 0 Å². The Hall–Kier alpha value is -3.02. The number of aryl methyl sites for hydroxylation is 1. The van der Waals surface area contributed by atoms with Crippen LogP contribution < -0.4 is 5.32 Å². The smallest absolute Gasteiger partial charge is 0.274 e. The first-order valence-electron chi connectivity index (χ1n) is 6.42. The molecule has 3 aromatic rings. The fraction of sp³-hybridized carbons (Fsp3) is 0.0667. The largest absolute Gasteiger partial charge is 0.321 e. The van der Waals surface area contributed by atoms with Gasteiger partial charge < -0.3 is 5.32 Å². The van der Waals surface area contributed by atoms with Crippen molar-refractivity contribution in [2.75, 3.05) is 5.32 Å². The number of nitrogens with one attached hydrogen (secondary N) is 1. The predicted molar refractivity (Wildman–Crippen MR) is 78.3 cm³/mol. The Balaban J connectivity index is 1.75. The zero-order valence-corrected chi connectivity index (χ0v) is 11.4. The Labute approximate surface area is 121 Å². The van der Waals surface area contributed by atoms with Crippen molar-refractivity contribution in [3.05, 3.63) is 66.5 Å². The van der Waals surface area contributed by atoms with Crippen LogP contribution in [-0.4, -0.2) is 25.7 Å². The maximum absolute atomic E-state index is 12.1. The zero-order valence-electron chi connectivity index (χ0n) is 11.4. The normalized spacial score (nSPS) is 10.3.